The van der Waals surface area contributed by atoms with Crippen LogP contribution in [-0.2, 0) is 0 Å². The minimum Gasteiger partial charge on any atom is -0.336 e. The Morgan fingerprint density at radius 3 is 2.65 bits per heavy atom. The van der Waals surface area contributed by atoms with Crippen molar-refractivity contribution in [3.63, 3.8) is 0 Å². The molecule has 2 saturated heterocycles. The normalized spacial score (nSPS) is 39.3. The van der Waals surface area contributed by atoms with Crippen LogP contribution in [0.1, 0.15) is 19.3 Å². The molecule has 3 aliphatic rings. The van der Waals surface area contributed by atoms with Crippen molar-refractivity contribution in [1.82, 2.24) is 26.2 Å². The van der Waals surface area contributed by atoms with Gasteiger partial charge in [0.05, 0.1) is 0 Å². The van der Waals surface area contributed by atoms with Crippen LogP contribution in [-0.4, -0.2) is 60.6 Å². The minimum atomic E-state index is -1.07. The number of rotatable bonds is 3. The van der Waals surface area contributed by atoms with Crippen molar-refractivity contribution in [3.05, 3.63) is 0 Å². The van der Waals surface area contributed by atoms with Crippen LogP contribution in [0.15, 0.2) is 0 Å². The van der Waals surface area contributed by atoms with Gasteiger partial charge in [0.1, 0.15) is 18.5 Å². The van der Waals surface area contributed by atoms with Gasteiger partial charge in [-0.2, -0.15) is 5.53 Å². The maximum atomic E-state index is 13.8. The van der Waals surface area contributed by atoms with Crippen molar-refractivity contribution in [2.75, 3.05) is 26.2 Å². The van der Waals surface area contributed by atoms with Crippen LogP contribution in [0.25, 0.3) is 0 Å². The second-order valence-electron chi connectivity index (χ2n) is 5.73. The Hall–Kier alpha value is -0.990. The highest BCUT2D eigenvalue weighted by molar-refractivity contribution is 5.76. The summed E-state index contributed by atoms with van der Waals surface area (Å²) in [6, 6.07) is -0.101. The van der Waals surface area contributed by atoms with E-state index in [0.29, 0.717) is 45.4 Å². The molecule has 6 nitrogen and oxygen atoms in total. The van der Waals surface area contributed by atoms with E-state index >= 15 is 0 Å². The number of halogens is 2. The number of nitrogens with zero attached hydrogens (tertiary/aromatic N) is 2. The molecule has 0 aromatic heterocycles. The zero-order valence-corrected chi connectivity index (χ0v) is 11.3. The van der Waals surface area contributed by atoms with Crippen molar-refractivity contribution in [2.45, 2.75) is 37.8 Å². The molecule has 2 heterocycles. The predicted molar refractivity (Wildman–Crippen MR) is 68.9 cm³/mol. The summed E-state index contributed by atoms with van der Waals surface area (Å²) < 4.78 is 27.6. The Kier molecular flexibility index (Phi) is 4.04. The first kappa shape index (κ1) is 14.0. The highest BCUT2D eigenvalue weighted by Crippen LogP contribution is 2.30. The molecule has 8 heteroatoms. The van der Waals surface area contributed by atoms with Crippen LogP contribution in [0, 0.1) is 5.92 Å². The van der Waals surface area contributed by atoms with Crippen LogP contribution in [0.2, 0.25) is 0 Å². The highest BCUT2D eigenvalue weighted by Gasteiger charge is 2.38. The lowest BCUT2D eigenvalue weighted by molar-refractivity contribution is 0.0385. The predicted octanol–water partition coefficient (Wildman–Crippen LogP) is 0.139. The summed E-state index contributed by atoms with van der Waals surface area (Å²) in [5, 5.41) is 4.51. The van der Waals surface area contributed by atoms with Crippen LogP contribution in [0.3, 0.4) is 0 Å². The number of carbonyl (C=O) groups is 1. The van der Waals surface area contributed by atoms with Crippen LogP contribution >= 0.6 is 0 Å². The fraction of sp³-hybridized carbons (Fsp3) is 0.917. The van der Waals surface area contributed by atoms with Gasteiger partial charge in [0.2, 0.25) is 0 Å². The molecule has 1 aliphatic carbocycles. The number of nitrogens with one attached hydrogen (secondary N) is 3. The maximum absolute atomic E-state index is 13.8. The summed E-state index contributed by atoms with van der Waals surface area (Å²) >= 11 is 0. The van der Waals surface area contributed by atoms with E-state index in [2.05, 4.69) is 16.3 Å². The average molecular weight is 289 g/mol. The smallest absolute Gasteiger partial charge is 0.318 e. The van der Waals surface area contributed by atoms with Gasteiger partial charge in [0.15, 0.2) is 0 Å². The molecule has 3 atom stereocenters. The molecule has 2 amide bonds. The van der Waals surface area contributed by atoms with Gasteiger partial charge in [-0.1, -0.05) is 0 Å². The van der Waals surface area contributed by atoms with Crippen molar-refractivity contribution < 1.29 is 13.6 Å². The van der Waals surface area contributed by atoms with Gasteiger partial charge in [-0.25, -0.2) is 24.0 Å². The van der Waals surface area contributed by atoms with Gasteiger partial charge < -0.3 is 10.2 Å². The first-order valence-corrected chi connectivity index (χ1v) is 7.24. The summed E-state index contributed by atoms with van der Waals surface area (Å²) in [6.07, 6.45) is -0.781. The zero-order chi connectivity index (χ0) is 14.1. The number of carbonyl (C=O) groups excluding carboxylic acids is 1. The van der Waals surface area contributed by atoms with Crippen molar-refractivity contribution in [1.29, 1.82) is 0 Å². The van der Waals surface area contributed by atoms with Gasteiger partial charge >= 0.3 is 6.03 Å². The number of alkyl halides is 2. The van der Waals surface area contributed by atoms with E-state index in [-0.39, 0.29) is 12.2 Å². The lowest BCUT2D eigenvalue weighted by Crippen LogP contribution is -2.47. The SMILES string of the molecule is O=C1NCCN1C1CN(CC2C(F)CCCC2F)NN1. The Morgan fingerprint density at radius 1 is 1.25 bits per heavy atom. The first-order valence-electron chi connectivity index (χ1n) is 7.24. The van der Waals surface area contributed by atoms with E-state index in [1.165, 1.54) is 0 Å². The van der Waals surface area contributed by atoms with E-state index in [0.717, 1.165) is 0 Å². The summed E-state index contributed by atoms with van der Waals surface area (Å²) in [6.45, 7) is 2.14. The van der Waals surface area contributed by atoms with Crippen molar-refractivity contribution in [3.8, 4) is 0 Å². The van der Waals surface area contributed by atoms with Gasteiger partial charge in [-0.3, -0.25) is 0 Å². The fourth-order valence-electron chi connectivity index (χ4n) is 3.19. The Balaban J connectivity index is 1.53. The number of hydrogen-bond acceptors (Lipinski definition) is 4. The highest BCUT2D eigenvalue weighted by atomic mass is 19.1. The largest absolute Gasteiger partial charge is 0.336 e. The molecular formula is C12H21F2N5O. The number of amides is 2. The molecule has 0 aromatic carbocycles. The molecule has 0 bridgehead atoms. The maximum Gasteiger partial charge on any atom is 0.318 e. The first-order chi connectivity index (χ1) is 9.65. The second-order valence-corrected chi connectivity index (χ2v) is 5.73. The molecular weight excluding hydrogens is 268 g/mol. The van der Waals surface area contributed by atoms with Crippen LogP contribution in [0.5, 0.6) is 0 Å². The number of hydrogen-bond donors (Lipinski definition) is 3. The van der Waals surface area contributed by atoms with Gasteiger partial charge in [0, 0.05) is 32.1 Å². The Morgan fingerprint density at radius 2 is 2.00 bits per heavy atom. The standard InChI is InChI=1S/C12H21F2N5O/c13-9-2-1-3-10(14)8(9)6-18-7-11(16-17-18)19-5-4-15-12(19)20/h8-11,16-17H,1-7H2,(H,15,20). The van der Waals surface area contributed by atoms with E-state index in [9.17, 15) is 13.6 Å². The third-order valence-corrected chi connectivity index (χ3v) is 4.37. The van der Waals surface area contributed by atoms with Gasteiger partial charge in [-0.05, 0) is 19.3 Å². The lowest BCUT2D eigenvalue weighted by atomic mass is 9.85. The molecule has 3 fully saturated rings. The number of hydrazine groups is 2. The molecule has 0 radical (unpaired) electrons. The summed E-state index contributed by atoms with van der Waals surface area (Å²) in [4.78, 5) is 13.3. The molecule has 20 heavy (non-hydrogen) atoms. The monoisotopic (exact) mass is 289 g/mol. The molecule has 1 saturated carbocycles. The van der Waals surface area contributed by atoms with Crippen LogP contribution < -0.4 is 16.3 Å². The topological polar surface area (TPSA) is 59.6 Å². The van der Waals surface area contributed by atoms with E-state index in [4.69, 9.17) is 0 Å². The zero-order valence-electron chi connectivity index (χ0n) is 11.3. The van der Waals surface area contributed by atoms with Gasteiger partial charge in [-0.15, -0.1) is 0 Å². The molecule has 3 rings (SSSR count). The molecule has 114 valence electrons. The second kappa shape index (κ2) is 5.79. The number of urea groups is 1. The molecule has 0 spiro atoms. The lowest BCUT2D eigenvalue weighted by Gasteiger charge is -2.32. The summed E-state index contributed by atoms with van der Waals surface area (Å²) in [5.41, 5.74) is 5.92. The van der Waals surface area contributed by atoms with E-state index < -0.39 is 18.3 Å². The molecule has 3 unspecified atom stereocenters. The minimum absolute atomic E-state index is 0.101. The van der Waals surface area contributed by atoms with Gasteiger partial charge in [0.25, 0.3) is 0 Å². The molecule has 0 aromatic rings. The third-order valence-electron chi connectivity index (χ3n) is 4.37. The van der Waals surface area contributed by atoms with Crippen LogP contribution in [0.4, 0.5) is 13.6 Å². The third kappa shape index (κ3) is 2.72. The molecule has 2 aliphatic heterocycles. The van der Waals surface area contributed by atoms with E-state index in [1.54, 1.807) is 9.91 Å². The summed E-state index contributed by atoms with van der Waals surface area (Å²) in [5.74, 6) is -0.579. The summed E-state index contributed by atoms with van der Waals surface area (Å²) in [7, 11) is 0. The van der Waals surface area contributed by atoms with E-state index in [1.807, 2.05) is 0 Å². The Bertz CT molecular complexity index is 362. The fourth-order valence-corrected chi connectivity index (χ4v) is 3.19. The quantitative estimate of drug-likeness (QED) is 0.692. The van der Waals surface area contributed by atoms with Crippen molar-refractivity contribution in [2.24, 2.45) is 5.92 Å². The average Bonchev–Trinajstić information content (AvgIpc) is 3.02. The molecule has 3 N–H and O–H groups in total. The van der Waals surface area contributed by atoms with Crippen molar-refractivity contribution >= 4 is 6.03 Å². The Labute approximate surface area is 116 Å².